The number of rotatable bonds is 6. The Kier molecular flexibility index (Phi) is 12.7. The van der Waals surface area contributed by atoms with Crippen LogP contribution in [-0.4, -0.2) is 88.2 Å². The van der Waals surface area contributed by atoms with Gasteiger partial charge in [-0.1, -0.05) is 30.3 Å². The first-order valence-corrected chi connectivity index (χ1v) is 9.57. The van der Waals surface area contributed by atoms with Crippen molar-refractivity contribution in [3.8, 4) is 0 Å². The third-order valence-electron chi connectivity index (χ3n) is 4.41. The van der Waals surface area contributed by atoms with E-state index in [4.69, 9.17) is 19.8 Å². The van der Waals surface area contributed by atoms with E-state index in [1.54, 1.807) is 12.4 Å². The van der Waals surface area contributed by atoms with Gasteiger partial charge in [-0.25, -0.2) is 9.78 Å². The Bertz CT molecular complexity index is 698. The van der Waals surface area contributed by atoms with E-state index in [9.17, 15) is 4.79 Å². The van der Waals surface area contributed by atoms with Crippen LogP contribution in [0.1, 0.15) is 11.4 Å². The molecule has 1 aliphatic rings. The fraction of sp³-hybridized carbons (Fsp3) is 0.400. The minimum Gasteiger partial charge on any atom is -0.483 e. The fourth-order valence-electron chi connectivity index (χ4n) is 2.94. The number of carbonyl (C=O) groups excluding carboxylic acids is 1. The van der Waals surface area contributed by atoms with E-state index >= 15 is 0 Å². The van der Waals surface area contributed by atoms with Crippen LogP contribution in [0.3, 0.4) is 0 Å². The molecule has 4 N–H and O–H groups in total. The molecular formula is C20H29N5O5. The molecule has 2 heterocycles. The number of aromatic nitrogens is 2. The zero-order chi connectivity index (χ0) is 22.0. The number of piperazine rings is 1. The molecule has 1 aromatic carbocycles. The van der Waals surface area contributed by atoms with Crippen molar-refractivity contribution in [1.29, 1.82) is 0 Å². The van der Waals surface area contributed by atoms with E-state index in [1.807, 2.05) is 11.0 Å². The van der Waals surface area contributed by atoms with Gasteiger partial charge in [0.1, 0.15) is 5.82 Å². The summed E-state index contributed by atoms with van der Waals surface area (Å²) in [6.07, 6.45) is 5.32. The van der Waals surface area contributed by atoms with Gasteiger partial charge in [-0.15, -0.1) is 0 Å². The fourth-order valence-corrected chi connectivity index (χ4v) is 2.94. The molecule has 1 aliphatic heterocycles. The third kappa shape index (κ3) is 10.2. The number of imidazole rings is 1. The summed E-state index contributed by atoms with van der Waals surface area (Å²) in [4.78, 5) is 40.4. The molecular weight excluding hydrogens is 390 g/mol. The van der Waals surface area contributed by atoms with Gasteiger partial charge in [0.05, 0.1) is 0 Å². The highest BCUT2D eigenvalue weighted by atomic mass is 16.3. The predicted molar refractivity (Wildman–Crippen MR) is 111 cm³/mol. The molecule has 10 heteroatoms. The lowest BCUT2D eigenvalue weighted by Gasteiger charge is -2.34. The molecule has 3 rings (SSSR count). The van der Waals surface area contributed by atoms with Crippen LogP contribution >= 0.6 is 0 Å². The number of urea groups is 1. The van der Waals surface area contributed by atoms with E-state index in [2.05, 4.69) is 44.5 Å². The monoisotopic (exact) mass is 419 g/mol. The van der Waals surface area contributed by atoms with Crippen molar-refractivity contribution < 1.29 is 24.6 Å². The molecule has 2 aromatic rings. The molecule has 0 radical (unpaired) electrons. The molecule has 0 bridgehead atoms. The smallest absolute Gasteiger partial charge is 0.317 e. The zero-order valence-corrected chi connectivity index (χ0v) is 16.8. The number of H-pyrrole nitrogens is 1. The molecule has 0 aliphatic carbocycles. The highest BCUT2D eigenvalue weighted by Gasteiger charge is 2.20. The first-order valence-electron chi connectivity index (χ1n) is 9.57. The van der Waals surface area contributed by atoms with E-state index in [0.29, 0.717) is 6.54 Å². The van der Waals surface area contributed by atoms with Gasteiger partial charge in [-0.3, -0.25) is 14.5 Å². The van der Waals surface area contributed by atoms with Crippen LogP contribution in [0.2, 0.25) is 0 Å². The molecule has 30 heavy (non-hydrogen) atoms. The Morgan fingerprint density at radius 1 is 1.07 bits per heavy atom. The molecule has 0 atom stereocenters. The maximum Gasteiger partial charge on any atom is 0.317 e. The summed E-state index contributed by atoms with van der Waals surface area (Å²) >= 11 is 0. The number of aromatic amines is 1. The average Bonchev–Trinajstić information content (AvgIpc) is 3.28. The van der Waals surface area contributed by atoms with Crippen molar-refractivity contribution in [2.75, 3.05) is 39.3 Å². The van der Waals surface area contributed by atoms with Crippen LogP contribution < -0.4 is 5.32 Å². The van der Waals surface area contributed by atoms with Crippen molar-refractivity contribution in [2.24, 2.45) is 0 Å². The van der Waals surface area contributed by atoms with Crippen LogP contribution in [0.15, 0.2) is 42.7 Å². The van der Waals surface area contributed by atoms with Crippen molar-refractivity contribution >= 4 is 19.0 Å². The highest BCUT2D eigenvalue weighted by Crippen LogP contribution is 2.05. The van der Waals surface area contributed by atoms with Crippen LogP contribution in [0.4, 0.5) is 4.79 Å². The number of carbonyl (C=O) groups is 3. The van der Waals surface area contributed by atoms with Gasteiger partial charge < -0.3 is 25.4 Å². The predicted octanol–water partition coefficient (Wildman–Crippen LogP) is 0.924. The van der Waals surface area contributed by atoms with Gasteiger partial charge in [0.2, 0.25) is 0 Å². The number of carboxylic acid groups (broad SMARTS) is 2. The van der Waals surface area contributed by atoms with Crippen molar-refractivity contribution in [1.82, 2.24) is 25.1 Å². The summed E-state index contributed by atoms with van der Waals surface area (Å²) in [6.45, 7) is 4.64. The first-order chi connectivity index (χ1) is 14.6. The van der Waals surface area contributed by atoms with Crippen LogP contribution in [0.25, 0.3) is 0 Å². The summed E-state index contributed by atoms with van der Waals surface area (Å²) < 4.78 is 0. The van der Waals surface area contributed by atoms with Gasteiger partial charge in [-0.2, -0.15) is 0 Å². The summed E-state index contributed by atoms with van der Waals surface area (Å²) in [6, 6.07) is 10.6. The van der Waals surface area contributed by atoms with E-state index < -0.39 is 0 Å². The van der Waals surface area contributed by atoms with Gasteiger partial charge in [-0.05, 0) is 12.0 Å². The molecule has 164 valence electrons. The van der Waals surface area contributed by atoms with Gasteiger partial charge in [0.15, 0.2) is 0 Å². The largest absolute Gasteiger partial charge is 0.483 e. The molecule has 0 spiro atoms. The molecule has 1 aromatic heterocycles. The van der Waals surface area contributed by atoms with E-state index in [-0.39, 0.29) is 19.0 Å². The quantitative estimate of drug-likeness (QED) is 0.511. The highest BCUT2D eigenvalue weighted by molar-refractivity contribution is 5.74. The number of benzene rings is 1. The first kappa shape index (κ1) is 24.6. The number of nitrogens with zero attached hydrogens (tertiary/aromatic N) is 3. The van der Waals surface area contributed by atoms with Crippen molar-refractivity contribution in [3.05, 3.63) is 54.1 Å². The minimum atomic E-state index is -0.250. The normalized spacial score (nSPS) is 13.1. The van der Waals surface area contributed by atoms with Crippen molar-refractivity contribution in [3.63, 3.8) is 0 Å². The van der Waals surface area contributed by atoms with E-state index in [1.165, 1.54) is 5.56 Å². The van der Waals surface area contributed by atoms with Crippen LogP contribution in [-0.2, 0) is 22.4 Å². The maximum absolute atomic E-state index is 12.2. The Morgan fingerprint density at radius 2 is 1.70 bits per heavy atom. The number of hydrogen-bond donors (Lipinski definition) is 4. The topological polar surface area (TPSA) is 139 Å². The second-order valence-corrected chi connectivity index (χ2v) is 6.29. The second kappa shape index (κ2) is 15.5. The molecule has 0 unspecified atom stereocenters. The summed E-state index contributed by atoms with van der Waals surface area (Å²) in [5.74, 6) is 0.904. The Hall–Kier alpha value is -3.40. The molecule has 0 saturated carbocycles. The molecule has 1 fully saturated rings. The Balaban J connectivity index is 0.000000672. The lowest BCUT2D eigenvalue weighted by molar-refractivity contribution is -0.123. The van der Waals surface area contributed by atoms with Gasteiger partial charge >= 0.3 is 6.03 Å². The summed E-state index contributed by atoms with van der Waals surface area (Å²) in [5.41, 5.74) is 1.37. The second-order valence-electron chi connectivity index (χ2n) is 6.29. The van der Waals surface area contributed by atoms with Gasteiger partial charge in [0, 0.05) is 58.1 Å². The number of amides is 2. The van der Waals surface area contributed by atoms with E-state index in [0.717, 1.165) is 51.4 Å². The van der Waals surface area contributed by atoms with Crippen molar-refractivity contribution in [2.45, 2.75) is 12.8 Å². The van der Waals surface area contributed by atoms with Crippen LogP contribution in [0, 0.1) is 0 Å². The standard InChI is InChI=1S/C18H25N5O.2CH2O2/c24-18(21-8-6-17-19-9-10-20-17)23-14-12-22(13-15-23)11-7-16-4-2-1-3-5-16;2*2-1-3/h1-5,9-10H,6-8,11-15H2,(H,19,20)(H,21,24);2*1H,(H,2,3). The lowest BCUT2D eigenvalue weighted by atomic mass is 10.1. The number of hydrogen-bond acceptors (Lipinski definition) is 5. The van der Waals surface area contributed by atoms with Crippen LogP contribution in [0.5, 0.6) is 0 Å². The Labute approximate surface area is 175 Å². The summed E-state index contributed by atoms with van der Waals surface area (Å²) in [5, 5.41) is 16.7. The third-order valence-corrected chi connectivity index (χ3v) is 4.41. The minimum absolute atomic E-state index is 0.0317. The number of nitrogens with one attached hydrogen (secondary N) is 2. The molecule has 1 saturated heterocycles. The maximum atomic E-state index is 12.2. The average molecular weight is 419 g/mol. The SMILES string of the molecule is O=C(NCCc1ncc[nH]1)N1CCN(CCc2ccccc2)CC1.O=CO.O=CO. The lowest BCUT2D eigenvalue weighted by Crippen LogP contribution is -2.52. The molecule has 10 nitrogen and oxygen atoms in total. The molecule has 2 amide bonds. The van der Waals surface area contributed by atoms with Gasteiger partial charge in [0.25, 0.3) is 12.9 Å². The summed E-state index contributed by atoms with van der Waals surface area (Å²) in [7, 11) is 0. The zero-order valence-electron chi connectivity index (χ0n) is 16.8. The Morgan fingerprint density at radius 3 is 2.27 bits per heavy atom.